The molecule has 3 aromatic rings. The van der Waals surface area contributed by atoms with Crippen molar-refractivity contribution in [2.24, 2.45) is 0 Å². The number of carbonyl (C=O) groups excluding carboxylic acids is 2. The number of hydrogen-bond donors (Lipinski definition) is 2. The number of carbonyl (C=O) groups is 2. The lowest BCUT2D eigenvalue weighted by molar-refractivity contribution is -0.116. The molecule has 0 unspecified atom stereocenters. The van der Waals surface area contributed by atoms with Crippen molar-refractivity contribution in [1.82, 2.24) is 9.97 Å². The van der Waals surface area contributed by atoms with Crippen molar-refractivity contribution in [3.05, 3.63) is 59.2 Å². The van der Waals surface area contributed by atoms with Crippen molar-refractivity contribution in [1.29, 1.82) is 0 Å². The molecular weight excluding hydrogens is 336 g/mol. The molecule has 7 heteroatoms. The SMILES string of the molecule is C[C@H]1C(=O)Nc2ccc(-c3csc(NC(=O)c4ccccn4)n3)cc21. The van der Waals surface area contributed by atoms with Crippen molar-refractivity contribution < 1.29 is 9.59 Å². The van der Waals surface area contributed by atoms with Gasteiger partial charge in [0.25, 0.3) is 5.91 Å². The summed E-state index contributed by atoms with van der Waals surface area (Å²) in [6.45, 7) is 1.88. The first-order valence-corrected chi connectivity index (χ1v) is 8.63. The second kappa shape index (κ2) is 6.10. The molecule has 4 rings (SSSR count). The maximum absolute atomic E-state index is 12.1. The van der Waals surface area contributed by atoms with Crippen molar-refractivity contribution in [2.45, 2.75) is 12.8 Å². The molecule has 1 atom stereocenters. The molecule has 124 valence electrons. The normalized spacial score (nSPS) is 15.6. The van der Waals surface area contributed by atoms with Gasteiger partial charge in [-0.25, -0.2) is 4.98 Å². The first-order chi connectivity index (χ1) is 12.1. The molecule has 3 heterocycles. The van der Waals surface area contributed by atoms with Gasteiger partial charge in [0.2, 0.25) is 5.91 Å². The maximum atomic E-state index is 12.1. The van der Waals surface area contributed by atoms with Gasteiger partial charge in [0, 0.05) is 22.8 Å². The van der Waals surface area contributed by atoms with E-state index in [1.165, 1.54) is 11.3 Å². The Hall–Kier alpha value is -3.06. The van der Waals surface area contributed by atoms with Crippen LogP contribution in [0, 0.1) is 0 Å². The Morgan fingerprint density at radius 3 is 2.96 bits per heavy atom. The summed E-state index contributed by atoms with van der Waals surface area (Å²) < 4.78 is 0. The smallest absolute Gasteiger partial charge is 0.276 e. The fraction of sp³-hybridized carbons (Fsp3) is 0.111. The minimum atomic E-state index is -0.293. The summed E-state index contributed by atoms with van der Waals surface area (Å²) in [6.07, 6.45) is 1.57. The van der Waals surface area contributed by atoms with Gasteiger partial charge >= 0.3 is 0 Å². The number of nitrogens with one attached hydrogen (secondary N) is 2. The number of rotatable bonds is 3. The molecular formula is C18H14N4O2S. The van der Waals surface area contributed by atoms with E-state index in [1.54, 1.807) is 24.4 Å². The molecule has 2 amide bonds. The van der Waals surface area contributed by atoms with Crippen molar-refractivity contribution >= 4 is 34.0 Å². The summed E-state index contributed by atoms with van der Waals surface area (Å²) in [5, 5.41) is 8.00. The number of aromatic nitrogens is 2. The number of hydrogen-bond acceptors (Lipinski definition) is 5. The molecule has 0 spiro atoms. The zero-order chi connectivity index (χ0) is 17.4. The van der Waals surface area contributed by atoms with Crippen LogP contribution in [-0.2, 0) is 4.79 Å². The van der Waals surface area contributed by atoms with E-state index in [9.17, 15) is 9.59 Å². The number of anilines is 2. The number of fused-ring (bicyclic) bond motifs is 1. The highest BCUT2D eigenvalue weighted by atomic mass is 32.1. The van der Waals surface area contributed by atoms with E-state index in [4.69, 9.17) is 0 Å². The van der Waals surface area contributed by atoms with Gasteiger partial charge in [-0.1, -0.05) is 12.1 Å². The predicted molar refractivity (Wildman–Crippen MR) is 96.8 cm³/mol. The molecule has 1 aromatic carbocycles. The van der Waals surface area contributed by atoms with Crippen molar-refractivity contribution in [3.63, 3.8) is 0 Å². The molecule has 25 heavy (non-hydrogen) atoms. The van der Waals surface area contributed by atoms with E-state index >= 15 is 0 Å². The largest absolute Gasteiger partial charge is 0.325 e. The summed E-state index contributed by atoms with van der Waals surface area (Å²) >= 11 is 1.35. The molecule has 6 nitrogen and oxygen atoms in total. The van der Waals surface area contributed by atoms with Crippen LogP contribution in [-0.4, -0.2) is 21.8 Å². The van der Waals surface area contributed by atoms with Gasteiger partial charge in [0.15, 0.2) is 5.13 Å². The molecule has 0 saturated heterocycles. The summed E-state index contributed by atoms with van der Waals surface area (Å²) in [5.41, 5.74) is 3.83. The molecule has 0 bridgehead atoms. The number of nitrogens with zero attached hydrogens (tertiary/aromatic N) is 2. The van der Waals surface area contributed by atoms with E-state index in [-0.39, 0.29) is 17.7 Å². The Bertz CT molecular complexity index is 968. The highest BCUT2D eigenvalue weighted by Crippen LogP contribution is 2.36. The quantitative estimate of drug-likeness (QED) is 0.757. The van der Waals surface area contributed by atoms with Crippen molar-refractivity contribution in [3.8, 4) is 11.3 Å². The van der Waals surface area contributed by atoms with Crippen LogP contribution < -0.4 is 10.6 Å². The maximum Gasteiger partial charge on any atom is 0.276 e. The van der Waals surface area contributed by atoms with Gasteiger partial charge in [-0.3, -0.25) is 19.9 Å². The number of amides is 2. The first kappa shape index (κ1) is 15.5. The summed E-state index contributed by atoms with van der Waals surface area (Å²) in [4.78, 5) is 32.4. The van der Waals surface area contributed by atoms with Crippen molar-refractivity contribution in [2.75, 3.05) is 10.6 Å². The monoisotopic (exact) mass is 350 g/mol. The summed E-state index contributed by atoms with van der Waals surface area (Å²) in [5.74, 6) is -0.454. The van der Waals surface area contributed by atoms with Gasteiger partial charge in [0.05, 0.1) is 11.6 Å². The second-order valence-electron chi connectivity index (χ2n) is 5.72. The van der Waals surface area contributed by atoms with Gasteiger partial charge < -0.3 is 5.32 Å². The molecule has 0 saturated carbocycles. The van der Waals surface area contributed by atoms with Crippen LogP contribution in [0.5, 0.6) is 0 Å². The van der Waals surface area contributed by atoms with Gasteiger partial charge in [-0.05, 0) is 36.8 Å². The molecule has 0 fully saturated rings. The zero-order valence-electron chi connectivity index (χ0n) is 13.3. The molecule has 1 aliphatic rings. The van der Waals surface area contributed by atoms with Crippen LogP contribution in [0.3, 0.4) is 0 Å². The second-order valence-corrected chi connectivity index (χ2v) is 6.58. The topological polar surface area (TPSA) is 84.0 Å². The molecule has 2 N–H and O–H groups in total. The lowest BCUT2D eigenvalue weighted by Crippen LogP contribution is -2.13. The summed E-state index contributed by atoms with van der Waals surface area (Å²) in [6, 6.07) is 10.9. The zero-order valence-corrected chi connectivity index (χ0v) is 14.1. The number of thiazole rings is 1. The molecule has 2 aromatic heterocycles. The summed E-state index contributed by atoms with van der Waals surface area (Å²) in [7, 11) is 0. The van der Waals surface area contributed by atoms with Crippen LogP contribution in [0.25, 0.3) is 11.3 Å². The Balaban J connectivity index is 1.56. The van der Waals surface area contributed by atoms with E-state index in [1.807, 2.05) is 30.5 Å². The van der Waals surface area contributed by atoms with Crippen LogP contribution in [0.2, 0.25) is 0 Å². The molecule has 0 aliphatic carbocycles. The third kappa shape index (κ3) is 2.89. The third-order valence-electron chi connectivity index (χ3n) is 4.09. The molecule has 0 radical (unpaired) electrons. The highest BCUT2D eigenvalue weighted by Gasteiger charge is 2.26. The number of benzene rings is 1. The van der Waals surface area contributed by atoms with Crippen LogP contribution in [0.4, 0.5) is 10.8 Å². The van der Waals surface area contributed by atoms with E-state index in [2.05, 4.69) is 20.6 Å². The van der Waals surface area contributed by atoms with Gasteiger partial charge in [0.1, 0.15) is 5.69 Å². The first-order valence-electron chi connectivity index (χ1n) is 7.75. The lowest BCUT2D eigenvalue weighted by Gasteiger charge is -2.04. The van der Waals surface area contributed by atoms with Crippen LogP contribution in [0.1, 0.15) is 28.9 Å². The Kier molecular flexibility index (Phi) is 3.77. The lowest BCUT2D eigenvalue weighted by atomic mass is 10.00. The minimum Gasteiger partial charge on any atom is -0.325 e. The average Bonchev–Trinajstić information content (AvgIpc) is 3.21. The fourth-order valence-corrected chi connectivity index (χ4v) is 3.41. The average molecular weight is 350 g/mol. The van der Waals surface area contributed by atoms with Gasteiger partial charge in [-0.15, -0.1) is 11.3 Å². The standard InChI is InChI=1S/C18H14N4O2S/c1-10-12-8-11(5-6-13(12)20-16(10)23)15-9-25-18(21-15)22-17(24)14-4-2-3-7-19-14/h2-10H,1H3,(H,20,23)(H,21,22,24)/t10-/m1/s1. The van der Waals surface area contributed by atoms with E-state index in [0.29, 0.717) is 10.8 Å². The van der Waals surface area contributed by atoms with Crippen LogP contribution >= 0.6 is 11.3 Å². The Morgan fingerprint density at radius 1 is 1.28 bits per heavy atom. The predicted octanol–water partition coefficient (Wildman–Crippen LogP) is 3.51. The Morgan fingerprint density at radius 2 is 2.16 bits per heavy atom. The third-order valence-corrected chi connectivity index (χ3v) is 4.84. The number of pyridine rings is 1. The highest BCUT2D eigenvalue weighted by molar-refractivity contribution is 7.14. The van der Waals surface area contributed by atoms with Gasteiger partial charge in [-0.2, -0.15) is 0 Å². The van der Waals surface area contributed by atoms with Crippen LogP contribution in [0.15, 0.2) is 48.0 Å². The van der Waals surface area contributed by atoms with E-state index < -0.39 is 0 Å². The van der Waals surface area contributed by atoms with E-state index in [0.717, 1.165) is 22.5 Å². The molecule has 1 aliphatic heterocycles. The fourth-order valence-electron chi connectivity index (χ4n) is 2.70. The Labute approximate surface area is 148 Å². The minimum absolute atomic E-state index is 0.00809.